The molecule has 0 saturated heterocycles. The van der Waals surface area contributed by atoms with Crippen LogP contribution in [0.2, 0.25) is 0 Å². The van der Waals surface area contributed by atoms with Crippen molar-refractivity contribution >= 4 is 35.6 Å². The maximum atomic E-state index is 5.32. The number of guanidine groups is 1. The molecule has 2 N–H and O–H groups in total. The minimum Gasteiger partial charge on any atom is -0.493 e. The van der Waals surface area contributed by atoms with Crippen LogP contribution in [0.1, 0.15) is 16.7 Å². The van der Waals surface area contributed by atoms with Gasteiger partial charge in [0.15, 0.2) is 17.5 Å². The van der Waals surface area contributed by atoms with Crippen LogP contribution in [0.4, 0.5) is 5.69 Å². The Morgan fingerprint density at radius 2 is 1.72 bits per heavy atom. The summed E-state index contributed by atoms with van der Waals surface area (Å²) >= 11 is 0. The molecule has 0 fully saturated rings. The molecule has 0 bridgehead atoms. The SMILES string of the molecule is CN=C(NCc1ccc(C)cc1C)Nc1ccc(OC)c(OC)c1.I. The van der Waals surface area contributed by atoms with Crippen molar-refractivity contribution in [3.8, 4) is 11.5 Å². The van der Waals surface area contributed by atoms with Crippen LogP contribution in [0, 0.1) is 13.8 Å². The Labute approximate surface area is 166 Å². The van der Waals surface area contributed by atoms with Gasteiger partial charge in [0.05, 0.1) is 14.2 Å². The van der Waals surface area contributed by atoms with Gasteiger partial charge in [0.1, 0.15) is 0 Å². The van der Waals surface area contributed by atoms with Gasteiger partial charge in [-0.05, 0) is 37.1 Å². The van der Waals surface area contributed by atoms with Crippen molar-refractivity contribution < 1.29 is 9.47 Å². The summed E-state index contributed by atoms with van der Waals surface area (Å²) in [7, 11) is 4.99. The fraction of sp³-hybridized carbons (Fsp3) is 0.316. The second-order valence-corrected chi connectivity index (χ2v) is 5.55. The van der Waals surface area contributed by atoms with Gasteiger partial charge in [0.2, 0.25) is 0 Å². The molecule has 0 aliphatic rings. The second-order valence-electron chi connectivity index (χ2n) is 5.55. The Hall–Kier alpha value is -1.96. The molecule has 0 radical (unpaired) electrons. The van der Waals surface area contributed by atoms with E-state index in [0.717, 1.165) is 5.69 Å². The molecule has 0 unspecified atom stereocenters. The molecule has 0 aliphatic carbocycles. The highest BCUT2D eigenvalue weighted by molar-refractivity contribution is 14.0. The van der Waals surface area contributed by atoms with Gasteiger partial charge in [-0.25, -0.2) is 0 Å². The van der Waals surface area contributed by atoms with Crippen LogP contribution in [0.15, 0.2) is 41.4 Å². The number of halogens is 1. The molecule has 25 heavy (non-hydrogen) atoms. The summed E-state index contributed by atoms with van der Waals surface area (Å²) in [4.78, 5) is 4.27. The highest BCUT2D eigenvalue weighted by atomic mass is 127. The van der Waals surface area contributed by atoms with Crippen molar-refractivity contribution in [3.63, 3.8) is 0 Å². The molecule has 5 nitrogen and oxygen atoms in total. The van der Waals surface area contributed by atoms with Gasteiger partial charge >= 0.3 is 0 Å². The van der Waals surface area contributed by atoms with Crippen molar-refractivity contribution in [3.05, 3.63) is 53.1 Å². The number of nitrogens with one attached hydrogen (secondary N) is 2. The Kier molecular flexibility index (Phi) is 8.54. The number of aliphatic imine (C=N–C) groups is 1. The molecule has 6 heteroatoms. The maximum absolute atomic E-state index is 5.32. The number of anilines is 1. The second kappa shape index (κ2) is 10.1. The molecule has 0 aliphatic heterocycles. The molecule has 2 rings (SSSR count). The predicted molar refractivity (Wildman–Crippen MR) is 115 cm³/mol. The van der Waals surface area contributed by atoms with E-state index in [1.807, 2.05) is 18.2 Å². The normalized spacial score (nSPS) is 10.7. The van der Waals surface area contributed by atoms with Crippen molar-refractivity contribution in [2.24, 2.45) is 4.99 Å². The molecule has 0 spiro atoms. The van der Waals surface area contributed by atoms with Gasteiger partial charge in [0.25, 0.3) is 0 Å². The van der Waals surface area contributed by atoms with Crippen LogP contribution in [-0.4, -0.2) is 27.2 Å². The van der Waals surface area contributed by atoms with Crippen LogP contribution >= 0.6 is 24.0 Å². The van der Waals surface area contributed by atoms with Gasteiger partial charge in [-0.15, -0.1) is 24.0 Å². The number of nitrogens with zero attached hydrogens (tertiary/aromatic N) is 1. The average Bonchev–Trinajstić information content (AvgIpc) is 2.59. The standard InChI is InChI=1S/C19H25N3O2.HI/c1-13-6-7-15(14(2)10-13)12-21-19(20-3)22-16-8-9-17(23-4)18(11-16)24-5;/h6-11H,12H2,1-5H3,(H2,20,21,22);1H. The highest BCUT2D eigenvalue weighted by Gasteiger charge is 2.07. The van der Waals surface area contributed by atoms with Crippen molar-refractivity contribution in [2.45, 2.75) is 20.4 Å². The zero-order valence-electron chi connectivity index (χ0n) is 15.3. The lowest BCUT2D eigenvalue weighted by molar-refractivity contribution is 0.355. The number of ether oxygens (including phenoxy) is 2. The smallest absolute Gasteiger partial charge is 0.195 e. The van der Waals surface area contributed by atoms with Gasteiger partial charge in [0, 0.05) is 25.3 Å². The molecular formula is C19H26IN3O2. The molecule has 0 heterocycles. The summed E-state index contributed by atoms with van der Waals surface area (Å²) < 4.78 is 10.6. The lowest BCUT2D eigenvalue weighted by atomic mass is 10.1. The van der Waals surface area contributed by atoms with Gasteiger partial charge < -0.3 is 20.1 Å². The van der Waals surface area contributed by atoms with E-state index in [0.29, 0.717) is 24.0 Å². The van der Waals surface area contributed by atoms with Crippen LogP contribution in [-0.2, 0) is 6.54 Å². The first kappa shape index (κ1) is 21.1. The fourth-order valence-corrected chi connectivity index (χ4v) is 2.45. The largest absolute Gasteiger partial charge is 0.493 e. The minimum atomic E-state index is 0. The van der Waals surface area contributed by atoms with Crippen molar-refractivity contribution in [1.29, 1.82) is 0 Å². The number of benzene rings is 2. The lowest BCUT2D eigenvalue weighted by Crippen LogP contribution is -2.30. The van der Waals surface area contributed by atoms with E-state index in [1.165, 1.54) is 16.7 Å². The Balaban J connectivity index is 0.00000312. The zero-order chi connectivity index (χ0) is 17.5. The summed E-state index contributed by atoms with van der Waals surface area (Å²) in [5, 5.41) is 6.59. The van der Waals surface area contributed by atoms with Crippen molar-refractivity contribution in [1.82, 2.24) is 5.32 Å². The fourth-order valence-electron chi connectivity index (χ4n) is 2.45. The zero-order valence-corrected chi connectivity index (χ0v) is 17.7. The van der Waals surface area contributed by atoms with E-state index in [-0.39, 0.29) is 24.0 Å². The Morgan fingerprint density at radius 1 is 1.00 bits per heavy atom. The van der Waals surface area contributed by atoms with Crippen molar-refractivity contribution in [2.75, 3.05) is 26.6 Å². The van der Waals surface area contributed by atoms with Crippen LogP contribution in [0.5, 0.6) is 11.5 Å². The number of hydrogen-bond acceptors (Lipinski definition) is 3. The molecular weight excluding hydrogens is 429 g/mol. The summed E-state index contributed by atoms with van der Waals surface area (Å²) in [5.74, 6) is 2.07. The number of aryl methyl sites for hydroxylation is 2. The number of methoxy groups -OCH3 is 2. The quantitative estimate of drug-likeness (QED) is 0.405. The molecule has 2 aromatic rings. The third-order valence-corrected chi connectivity index (χ3v) is 3.81. The summed E-state index contributed by atoms with van der Waals surface area (Å²) in [6, 6.07) is 12.1. The minimum absolute atomic E-state index is 0. The van der Waals surface area contributed by atoms with Gasteiger partial charge in [-0.1, -0.05) is 23.8 Å². The maximum Gasteiger partial charge on any atom is 0.195 e. The first-order valence-corrected chi connectivity index (χ1v) is 7.83. The van der Waals surface area contributed by atoms with Crippen LogP contribution in [0.25, 0.3) is 0 Å². The topological polar surface area (TPSA) is 54.9 Å². The Morgan fingerprint density at radius 3 is 2.32 bits per heavy atom. The van der Waals surface area contributed by atoms with E-state index in [9.17, 15) is 0 Å². The van der Waals surface area contributed by atoms with E-state index >= 15 is 0 Å². The summed E-state index contributed by atoms with van der Waals surface area (Å²) in [6.07, 6.45) is 0. The third kappa shape index (κ3) is 5.81. The lowest BCUT2D eigenvalue weighted by Gasteiger charge is -2.15. The molecule has 2 aromatic carbocycles. The van der Waals surface area contributed by atoms with E-state index in [4.69, 9.17) is 9.47 Å². The molecule has 136 valence electrons. The predicted octanol–water partition coefficient (Wildman–Crippen LogP) is 4.13. The van der Waals surface area contributed by atoms with Gasteiger partial charge in [-0.3, -0.25) is 4.99 Å². The summed E-state index contributed by atoms with van der Waals surface area (Å²) in [5.41, 5.74) is 4.66. The summed E-state index contributed by atoms with van der Waals surface area (Å²) in [6.45, 7) is 4.93. The number of rotatable bonds is 5. The Bertz CT molecular complexity index is 733. The average molecular weight is 455 g/mol. The third-order valence-electron chi connectivity index (χ3n) is 3.81. The highest BCUT2D eigenvalue weighted by Crippen LogP contribution is 2.29. The molecule has 0 atom stereocenters. The monoisotopic (exact) mass is 455 g/mol. The first-order chi connectivity index (χ1) is 11.6. The molecule has 0 amide bonds. The molecule has 0 saturated carbocycles. The van der Waals surface area contributed by atoms with Crippen LogP contribution < -0.4 is 20.1 Å². The van der Waals surface area contributed by atoms with E-state index in [2.05, 4.69) is 47.7 Å². The molecule has 0 aromatic heterocycles. The van der Waals surface area contributed by atoms with Crippen LogP contribution in [0.3, 0.4) is 0 Å². The number of hydrogen-bond donors (Lipinski definition) is 2. The van der Waals surface area contributed by atoms with Gasteiger partial charge in [-0.2, -0.15) is 0 Å². The first-order valence-electron chi connectivity index (χ1n) is 7.83. The van der Waals surface area contributed by atoms with E-state index < -0.39 is 0 Å². The van der Waals surface area contributed by atoms with E-state index in [1.54, 1.807) is 21.3 Å².